The molecular weight excluding hydrogens is 312 g/mol. The van der Waals surface area contributed by atoms with Gasteiger partial charge in [-0.2, -0.15) is 0 Å². The Balaban J connectivity index is 2.19. The molecule has 3 rings (SSSR count). The molecule has 0 radical (unpaired) electrons. The Morgan fingerprint density at radius 3 is 2.76 bits per heavy atom. The van der Waals surface area contributed by atoms with E-state index in [1.54, 1.807) is 6.07 Å². The van der Waals surface area contributed by atoms with Crippen molar-refractivity contribution >= 4 is 38.6 Å². The van der Waals surface area contributed by atoms with Gasteiger partial charge in [-0.05, 0) is 25.0 Å². The third-order valence-corrected chi connectivity index (χ3v) is 5.35. The maximum atomic E-state index is 11.9. The van der Waals surface area contributed by atoms with Crippen molar-refractivity contribution < 1.29 is 18.3 Å². The topological polar surface area (TPSA) is 89.3 Å². The minimum absolute atomic E-state index is 0.0930. The van der Waals surface area contributed by atoms with Gasteiger partial charge < -0.3 is 9.67 Å². The fourth-order valence-electron chi connectivity index (χ4n) is 2.28. The Labute approximate surface area is 126 Å². The molecule has 6 nitrogen and oxygen atoms in total. The summed E-state index contributed by atoms with van der Waals surface area (Å²) in [6.45, 7) is 0. The first-order valence-electron chi connectivity index (χ1n) is 6.43. The minimum Gasteiger partial charge on any atom is -0.481 e. The van der Waals surface area contributed by atoms with E-state index in [0.29, 0.717) is 16.7 Å². The molecule has 1 fully saturated rings. The van der Waals surface area contributed by atoms with Gasteiger partial charge in [-0.1, -0.05) is 17.8 Å². The molecular formula is C13H14N2O4S2. The highest BCUT2D eigenvalue weighted by atomic mass is 32.2. The van der Waals surface area contributed by atoms with Crippen LogP contribution in [0, 0.1) is 0 Å². The molecule has 1 aromatic heterocycles. The molecule has 1 aliphatic rings. The van der Waals surface area contributed by atoms with Crippen molar-refractivity contribution in [3.05, 3.63) is 18.2 Å². The standard InChI is InChI=1S/C13H14N2O4S2/c1-21(18,19)10-4-2-3-9-12(10)14-13(20-7-11(16)17)15(9)8-5-6-8/h2-4,8H,5-7H2,1H3,(H,16,17). The Hall–Kier alpha value is -1.54. The van der Waals surface area contributed by atoms with Gasteiger partial charge >= 0.3 is 5.97 Å². The molecule has 1 saturated carbocycles. The highest BCUT2D eigenvalue weighted by Gasteiger charge is 2.30. The Morgan fingerprint density at radius 2 is 2.19 bits per heavy atom. The quantitative estimate of drug-likeness (QED) is 0.845. The summed E-state index contributed by atoms with van der Waals surface area (Å²) in [6, 6.07) is 5.36. The molecule has 8 heteroatoms. The molecule has 1 aliphatic carbocycles. The normalized spacial score (nSPS) is 15.5. The van der Waals surface area contributed by atoms with Gasteiger partial charge in [-0.3, -0.25) is 4.79 Å². The van der Waals surface area contributed by atoms with Crippen LogP contribution < -0.4 is 0 Å². The van der Waals surface area contributed by atoms with Gasteiger partial charge in [0.1, 0.15) is 5.52 Å². The summed E-state index contributed by atoms with van der Waals surface area (Å²) in [7, 11) is -3.37. The number of fused-ring (bicyclic) bond motifs is 1. The minimum atomic E-state index is -3.37. The lowest BCUT2D eigenvalue weighted by atomic mass is 10.3. The van der Waals surface area contributed by atoms with Crippen LogP contribution in [0.3, 0.4) is 0 Å². The Kier molecular flexibility index (Phi) is 3.45. The number of sulfone groups is 1. The monoisotopic (exact) mass is 326 g/mol. The first-order valence-corrected chi connectivity index (χ1v) is 9.31. The summed E-state index contributed by atoms with van der Waals surface area (Å²) in [5.74, 6) is -1.01. The van der Waals surface area contributed by atoms with E-state index in [1.165, 1.54) is 6.07 Å². The zero-order valence-corrected chi connectivity index (χ0v) is 12.9. The van der Waals surface area contributed by atoms with Crippen LogP contribution >= 0.6 is 11.8 Å². The number of para-hydroxylation sites is 1. The maximum Gasteiger partial charge on any atom is 0.313 e. The second kappa shape index (κ2) is 5.03. The number of aliphatic carboxylic acids is 1. The van der Waals surface area contributed by atoms with Gasteiger partial charge in [0, 0.05) is 12.3 Å². The van der Waals surface area contributed by atoms with E-state index in [1.807, 2.05) is 10.6 Å². The lowest BCUT2D eigenvalue weighted by Gasteiger charge is -2.06. The van der Waals surface area contributed by atoms with Crippen LogP contribution in [-0.4, -0.2) is 41.1 Å². The number of hydrogen-bond acceptors (Lipinski definition) is 5. The van der Waals surface area contributed by atoms with Crippen molar-refractivity contribution in [1.82, 2.24) is 9.55 Å². The lowest BCUT2D eigenvalue weighted by Crippen LogP contribution is -2.01. The molecule has 112 valence electrons. The number of carboxylic acid groups (broad SMARTS) is 1. The number of carbonyl (C=O) groups is 1. The van der Waals surface area contributed by atoms with Crippen molar-refractivity contribution in [2.45, 2.75) is 28.9 Å². The van der Waals surface area contributed by atoms with E-state index in [4.69, 9.17) is 5.11 Å². The second-order valence-electron chi connectivity index (χ2n) is 5.07. The molecule has 2 aromatic rings. The molecule has 0 saturated heterocycles. The van der Waals surface area contributed by atoms with E-state index in [2.05, 4.69) is 4.98 Å². The van der Waals surface area contributed by atoms with E-state index >= 15 is 0 Å². The number of hydrogen-bond donors (Lipinski definition) is 1. The second-order valence-corrected chi connectivity index (χ2v) is 8.00. The SMILES string of the molecule is CS(=O)(=O)c1cccc2c1nc(SCC(=O)O)n2C1CC1. The Morgan fingerprint density at radius 1 is 1.48 bits per heavy atom. The zero-order valence-electron chi connectivity index (χ0n) is 11.3. The summed E-state index contributed by atoms with van der Waals surface area (Å²) >= 11 is 1.13. The van der Waals surface area contributed by atoms with E-state index in [0.717, 1.165) is 36.4 Å². The van der Waals surface area contributed by atoms with E-state index in [-0.39, 0.29) is 10.6 Å². The first kappa shape index (κ1) is 14.4. The highest BCUT2D eigenvalue weighted by molar-refractivity contribution is 7.99. The predicted octanol–water partition coefficient (Wildman–Crippen LogP) is 1.95. The first-order chi connectivity index (χ1) is 9.88. The van der Waals surface area contributed by atoms with Gasteiger partial charge in [0.25, 0.3) is 0 Å². The number of benzene rings is 1. The average Bonchev–Trinajstić information content (AvgIpc) is 3.15. The van der Waals surface area contributed by atoms with Crippen molar-refractivity contribution in [2.75, 3.05) is 12.0 Å². The lowest BCUT2D eigenvalue weighted by molar-refractivity contribution is -0.133. The third kappa shape index (κ3) is 2.77. The van der Waals surface area contributed by atoms with Crippen LogP contribution in [-0.2, 0) is 14.6 Å². The average molecular weight is 326 g/mol. The molecule has 0 unspecified atom stereocenters. The Bertz CT molecular complexity index is 822. The number of carboxylic acids is 1. The number of thioether (sulfide) groups is 1. The van der Waals surface area contributed by atoms with E-state index in [9.17, 15) is 13.2 Å². The van der Waals surface area contributed by atoms with Crippen LogP contribution in [0.5, 0.6) is 0 Å². The number of aromatic nitrogens is 2. The molecule has 21 heavy (non-hydrogen) atoms. The summed E-state index contributed by atoms with van der Waals surface area (Å²) < 4.78 is 25.7. The van der Waals surface area contributed by atoms with Crippen LogP contribution in [0.15, 0.2) is 28.3 Å². The van der Waals surface area contributed by atoms with Crippen LogP contribution in [0.2, 0.25) is 0 Å². The van der Waals surface area contributed by atoms with Crippen molar-refractivity contribution in [1.29, 1.82) is 0 Å². The summed E-state index contributed by atoms with van der Waals surface area (Å²) in [5, 5.41) is 9.40. The van der Waals surface area contributed by atoms with Crippen molar-refractivity contribution in [3.8, 4) is 0 Å². The third-order valence-electron chi connectivity index (χ3n) is 3.29. The summed E-state index contributed by atoms with van der Waals surface area (Å²) in [4.78, 5) is 15.3. The molecule has 1 heterocycles. The molecule has 0 spiro atoms. The molecule has 0 aliphatic heterocycles. The summed E-state index contributed by atoms with van der Waals surface area (Å²) in [5.41, 5.74) is 1.19. The molecule has 1 N–H and O–H groups in total. The van der Waals surface area contributed by atoms with Gasteiger partial charge in [0.2, 0.25) is 0 Å². The van der Waals surface area contributed by atoms with Crippen molar-refractivity contribution in [2.24, 2.45) is 0 Å². The molecule has 0 atom stereocenters. The molecule has 0 bridgehead atoms. The molecule has 1 aromatic carbocycles. The van der Waals surface area contributed by atoms with Gasteiger partial charge in [0.15, 0.2) is 15.0 Å². The number of rotatable bonds is 5. The smallest absolute Gasteiger partial charge is 0.313 e. The fourth-order valence-corrected chi connectivity index (χ4v) is 3.91. The van der Waals surface area contributed by atoms with Gasteiger partial charge in [-0.15, -0.1) is 0 Å². The fraction of sp³-hybridized carbons (Fsp3) is 0.385. The molecule has 0 amide bonds. The van der Waals surface area contributed by atoms with Gasteiger partial charge in [0.05, 0.1) is 16.2 Å². The van der Waals surface area contributed by atoms with E-state index < -0.39 is 15.8 Å². The van der Waals surface area contributed by atoms with Gasteiger partial charge in [-0.25, -0.2) is 13.4 Å². The largest absolute Gasteiger partial charge is 0.481 e. The zero-order chi connectivity index (χ0) is 15.2. The summed E-state index contributed by atoms with van der Waals surface area (Å²) in [6.07, 6.45) is 3.17. The number of imidazole rings is 1. The predicted molar refractivity (Wildman–Crippen MR) is 79.5 cm³/mol. The maximum absolute atomic E-state index is 11.9. The van der Waals surface area contributed by atoms with Crippen LogP contribution in [0.1, 0.15) is 18.9 Å². The number of nitrogens with zero attached hydrogens (tertiary/aromatic N) is 2. The van der Waals surface area contributed by atoms with Crippen LogP contribution in [0.25, 0.3) is 11.0 Å². The van der Waals surface area contributed by atoms with Crippen LogP contribution in [0.4, 0.5) is 0 Å². The highest BCUT2D eigenvalue weighted by Crippen LogP contribution is 2.41. The van der Waals surface area contributed by atoms with Crippen molar-refractivity contribution in [3.63, 3.8) is 0 Å².